The van der Waals surface area contributed by atoms with Crippen molar-refractivity contribution in [1.82, 2.24) is 4.31 Å². The van der Waals surface area contributed by atoms with E-state index in [1.54, 1.807) is 18.2 Å². The molecular formula is C16H16FNO4S. The van der Waals surface area contributed by atoms with Gasteiger partial charge in [-0.05, 0) is 29.8 Å². The minimum atomic E-state index is -3.71. The maximum Gasteiger partial charge on any atom is 0.243 e. The van der Waals surface area contributed by atoms with Gasteiger partial charge in [0.25, 0.3) is 0 Å². The van der Waals surface area contributed by atoms with Gasteiger partial charge in [-0.2, -0.15) is 4.31 Å². The van der Waals surface area contributed by atoms with Crippen LogP contribution in [0.3, 0.4) is 0 Å². The Balaban J connectivity index is 1.85. The van der Waals surface area contributed by atoms with Crippen LogP contribution in [0.25, 0.3) is 0 Å². The van der Waals surface area contributed by atoms with Gasteiger partial charge in [0.1, 0.15) is 19.0 Å². The molecule has 1 aliphatic heterocycles. The third-order valence-corrected chi connectivity index (χ3v) is 5.32. The molecule has 23 heavy (non-hydrogen) atoms. The van der Waals surface area contributed by atoms with E-state index in [1.807, 2.05) is 0 Å². The van der Waals surface area contributed by atoms with Crippen LogP contribution in [0.5, 0.6) is 11.5 Å². The van der Waals surface area contributed by atoms with Crippen molar-refractivity contribution in [3.63, 3.8) is 0 Å². The topological polar surface area (TPSA) is 55.8 Å². The lowest BCUT2D eigenvalue weighted by atomic mass is 10.2. The number of rotatable bonds is 4. The number of fused-ring (bicyclic) bond motifs is 1. The van der Waals surface area contributed by atoms with Crippen molar-refractivity contribution in [2.24, 2.45) is 0 Å². The zero-order valence-electron chi connectivity index (χ0n) is 12.5. The fourth-order valence-electron chi connectivity index (χ4n) is 2.34. The molecule has 7 heteroatoms. The lowest BCUT2D eigenvalue weighted by Crippen LogP contribution is -2.26. The van der Waals surface area contributed by atoms with Gasteiger partial charge in [0, 0.05) is 19.7 Å². The van der Waals surface area contributed by atoms with Crippen LogP contribution in [0.4, 0.5) is 4.39 Å². The molecule has 1 aliphatic rings. The van der Waals surface area contributed by atoms with Crippen molar-refractivity contribution in [2.75, 3.05) is 20.3 Å². The fourth-order valence-corrected chi connectivity index (χ4v) is 3.52. The molecule has 0 aliphatic carbocycles. The first kappa shape index (κ1) is 15.8. The van der Waals surface area contributed by atoms with E-state index in [0.29, 0.717) is 30.3 Å². The lowest BCUT2D eigenvalue weighted by Gasteiger charge is -2.21. The first-order valence-electron chi connectivity index (χ1n) is 7.07. The van der Waals surface area contributed by atoms with Crippen LogP contribution in [-0.4, -0.2) is 33.0 Å². The van der Waals surface area contributed by atoms with E-state index >= 15 is 0 Å². The van der Waals surface area contributed by atoms with Gasteiger partial charge in [0.15, 0.2) is 11.5 Å². The van der Waals surface area contributed by atoms with Crippen LogP contribution in [0.15, 0.2) is 47.4 Å². The van der Waals surface area contributed by atoms with Crippen molar-refractivity contribution >= 4 is 10.0 Å². The Kier molecular flexibility index (Phi) is 4.23. The highest BCUT2D eigenvalue weighted by molar-refractivity contribution is 7.89. The highest BCUT2D eigenvalue weighted by Gasteiger charge is 2.23. The minimum absolute atomic E-state index is 0.0779. The predicted molar refractivity (Wildman–Crippen MR) is 82.5 cm³/mol. The van der Waals surface area contributed by atoms with Gasteiger partial charge >= 0.3 is 0 Å². The van der Waals surface area contributed by atoms with Gasteiger partial charge in [-0.25, -0.2) is 12.8 Å². The predicted octanol–water partition coefficient (Wildman–Crippen LogP) is 2.42. The molecule has 2 aromatic carbocycles. The Morgan fingerprint density at radius 1 is 1.09 bits per heavy atom. The van der Waals surface area contributed by atoms with Gasteiger partial charge < -0.3 is 9.47 Å². The second-order valence-electron chi connectivity index (χ2n) is 5.20. The first-order chi connectivity index (χ1) is 11.0. The highest BCUT2D eigenvalue weighted by Crippen LogP contribution is 2.33. The molecule has 0 radical (unpaired) electrons. The minimum Gasteiger partial charge on any atom is -0.486 e. The Morgan fingerprint density at radius 2 is 1.83 bits per heavy atom. The summed E-state index contributed by atoms with van der Waals surface area (Å²) in [4.78, 5) is 0.112. The number of benzene rings is 2. The van der Waals surface area contributed by atoms with Crippen molar-refractivity contribution < 1.29 is 22.3 Å². The van der Waals surface area contributed by atoms with E-state index in [2.05, 4.69) is 0 Å². The van der Waals surface area contributed by atoms with E-state index in [-0.39, 0.29) is 11.4 Å². The monoisotopic (exact) mass is 337 g/mol. The summed E-state index contributed by atoms with van der Waals surface area (Å²) in [5.41, 5.74) is 0.577. The van der Waals surface area contributed by atoms with Gasteiger partial charge in [0.2, 0.25) is 10.0 Å². The molecule has 0 aromatic heterocycles. The van der Waals surface area contributed by atoms with E-state index in [9.17, 15) is 12.8 Å². The number of hydrogen-bond donors (Lipinski definition) is 0. The molecule has 2 aromatic rings. The van der Waals surface area contributed by atoms with Crippen molar-refractivity contribution in [2.45, 2.75) is 11.4 Å². The molecule has 0 spiro atoms. The largest absolute Gasteiger partial charge is 0.486 e. The summed E-state index contributed by atoms with van der Waals surface area (Å²) in [6.45, 7) is 0.905. The summed E-state index contributed by atoms with van der Waals surface area (Å²) in [6.07, 6.45) is 0. The summed E-state index contributed by atoms with van der Waals surface area (Å²) in [5.74, 6) is 0.548. The molecule has 0 amide bonds. The summed E-state index contributed by atoms with van der Waals surface area (Å²) in [7, 11) is -2.25. The summed E-state index contributed by atoms with van der Waals surface area (Å²) < 4.78 is 50.5. The molecule has 5 nitrogen and oxygen atoms in total. The molecule has 0 saturated heterocycles. The normalized spacial score (nSPS) is 14.0. The van der Waals surface area contributed by atoms with Crippen LogP contribution in [0.1, 0.15) is 5.56 Å². The van der Waals surface area contributed by atoms with Crippen molar-refractivity contribution in [3.05, 3.63) is 53.8 Å². The number of hydrogen-bond acceptors (Lipinski definition) is 4. The van der Waals surface area contributed by atoms with Gasteiger partial charge in [-0.3, -0.25) is 0 Å². The third-order valence-electron chi connectivity index (χ3n) is 3.52. The highest BCUT2D eigenvalue weighted by atomic mass is 32.2. The lowest BCUT2D eigenvalue weighted by molar-refractivity contribution is 0.171. The summed E-state index contributed by atoms with van der Waals surface area (Å²) in [6, 6.07) is 10.4. The average Bonchev–Trinajstić information content (AvgIpc) is 2.54. The molecule has 0 bridgehead atoms. The third kappa shape index (κ3) is 3.30. The smallest absolute Gasteiger partial charge is 0.243 e. The van der Waals surface area contributed by atoms with Crippen LogP contribution >= 0.6 is 0 Å². The Morgan fingerprint density at radius 3 is 2.57 bits per heavy atom. The number of halogens is 1. The number of sulfonamides is 1. The molecule has 0 N–H and O–H groups in total. The van der Waals surface area contributed by atoms with E-state index < -0.39 is 15.8 Å². The standard InChI is InChI=1S/C16H16FNO4S/c1-18(11-12-3-2-4-13(17)9-12)23(19,20)14-5-6-15-16(10-14)22-8-7-21-15/h2-6,9-10H,7-8,11H2,1H3. The van der Waals surface area contributed by atoms with Gasteiger partial charge in [-0.15, -0.1) is 0 Å². The van der Waals surface area contributed by atoms with Crippen molar-refractivity contribution in [3.8, 4) is 11.5 Å². The maximum absolute atomic E-state index is 13.2. The van der Waals surface area contributed by atoms with Gasteiger partial charge in [0.05, 0.1) is 4.90 Å². The molecule has 1 heterocycles. The second kappa shape index (κ2) is 6.17. The quantitative estimate of drug-likeness (QED) is 0.860. The number of nitrogens with zero attached hydrogens (tertiary/aromatic N) is 1. The zero-order chi connectivity index (χ0) is 16.4. The molecule has 3 rings (SSSR count). The molecule has 0 saturated carbocycles. The molecule has 0 atom stereocenters. The van der Waals surface area contributed by atoms with Crippen LogP contribution in [0, 0.1) is 5.82 Å². The van der Waals surface area contributed by atoms with E-state index in [1.165, 1.54) is 35.6 Å². The fraction of sp³-hybridized carbons (Fsp3) is 0.250. The average molecular weight is 337 g/mol. The maximum atomic E-state index is 13.2. The van der Waals surface area contributed by atoms with Gasteiger partial charge in [-0.1, -0.05) is 12.1 Å². The van der Waals surface area contributed by atoms with Crippen molar-refractivity contribution in [1.29, 1.82) is 0 Å². The van der Waals surface area contributed by atoms with Crippen LogP contribution in [-0.2, 0) is 16.6 Å². The van der Waals surface area contributed by atoms with E-state index in [4.69, 9.17) is 9.47 Å². The van der Waals surface area contributed by atoms with E-state index in [0.717, 1.165) is 0 Å². The SMILES string of the molecule is CN(Cc1cccc(F)c1)S(=O)(=O)c1ccc2c(c1)OCCO2. The zero-order valence-corrected chi connectivity index (χ0v) is 13.3. The molecule has 0 unspecified atom stereocenters. The summed E-state index contributed by atoms with van der Waals surface area (Å²) in [5, 5.41) is 0. The molecule has 0 fully saturated rings. The number of ether oxygens (including phenoxy) is 2. The second-order valence-corrected chi connectivity index (χ2v) is 7.24. The Bertz CT molecular complexity index is 823. The van der Waals surface area contributed by atoms with Crippen LogP contribution in [0.2, 0.25) is 0 Å². The Labute approximate surface area is 134 Å². The first-order valence-corrected chi connectivity index (χ1v) is 8.51. The van der Waals surface area contributed by atoms with Crippen LogP contribution < -0.4 is 9.47 Å². The molecular weight excluding hydrogens is 321 g/mol. The Hall–Kier alpha value is -2.12. The summed E-state index contributed by atoms with van der Waals surface area (Å²) >= 11 is 0. The molecule has 122 valence electrons.